The van der Waals surface area contributed by atoms with Crippen molar-refractivity contribution < 1.29 is 29.3 Å². The van der Waals surface area contributed by atoms with Gasteiger partial charge in [-0.2, -0.15) is 0 Å². The SMILES string of the molecule is COC(=O)CC[C@@H](C)[C@H]1C[C@H](O)[C@H]2C3C(CC[C@]12C)[C@@]1(C)CC[C@@H](O)C[C@H]1C[C@H]3OC(C)=O. The van der Waals surface area contributed by atoms with Gasteiger partial charge in [-0.05, 0) is 91.8 Å². The van der Waals surface area contributed by atoms with Gasteiger partial charge >= 0.3 is 11.9 Å². The number of hydrogen-bond donors (Lipinski definition) is 2. The fraction of sp³-hybridized carbons (Fsp3) is 0.926. The molecule has 6 heteroatoms. The topological polar surface area (TPSA) is 93.1 Å². The van der Waals surface area contributed by atoms with Gasteiger partial charge in [-0.15, -0.1) is 0 Å². The molecule has 0 bridgehead atoms. The van der Waals surface area contributed by atoms with Crippen molar-refractivity contribution in [3.8, 4) is 0 Å². The molecule has 4 saturated carbocycles. The number of rotatable bonds is 5. The zero-order chi connectivity index (χ0) is 24.1. The van der Waals surface area contributed by atoms with Gasteiger partial charge in [-0.3, -0.25) is 9.59 Å². The van der Waals surface area contributed by atoms with Crippen molar-refractivity contribution in [3.63, 3.8) is 0 Å². The highest BCUT2D eigenvalue weighted by Gasteiger charge is 2.66. The van der Waals surface area contributed by atoms with Crippen LogP contribution in [0.25, 0.3) is 0 Å². The Morgan fingerprint density at radius 3 is 2.42 bits per heavy atom. The molecule has 4 aliphatic rings. The van der Waals surface area contributed by atoms with Crippen molar-refractivity contribution in [2.45, 2.75) is 104 Å². The van der Waals surface area contributed by atoms with Crippen LogP contribution in [-0.4, -0.2) is 47.6 Å². The van der Waals surface area contributed by atoms with E-state index < -0.39 is 6.10 Å². The summed E-state index contributed by atoms with van der Waals surface area (Å²) in [7, 11) is 1.43. The monoisotopic (exact) mass is 464 g/mol. The van der Waals surface area contributed by atoms with Crippen LogP contribution in [0.4, 0.5) is 0 Å². The van der Waals surface area contributed by atoms with Gasteiger partial charge in [0, 0.05) is 19.3 Å². The number of carbonyl (C=O) groups excluding carboxylic acids is 2. The molecule has 0 heterocycles. The fourth-order valence-electron chi connectivity index (χ4n) is 9.14. The van der Waals surface area contributed by atoms with Crippen LogP contribution in [0.5, 0.6) is 0 Å². The van der Waals surface area contributed by atoms with Gasteiger partial charge in [0.2, 0.25) is 0 Å². The van der Waals surface area contributed by atoms with Gasteiger partial charge in [0.15, 0.2) is 0 Å². The normalized spacial score (nSPS) is 47.6. The van der Waals surface area contributed by atoms with Crippen LogP contribution >= 0.6 is 0 Å². The molecule has 6 nitrogen and oxygen atoms in total. The molecule has 2 N–H and O–H groups in total. The Bertz CT molecular complexity index is 753. The number of methoxy groups -OCH3 is 1. The minimum atomic E-state index is -0.416. The first-order chi connectivity index (χ1) is 15.5. The molecule has 0 amide bonds. The van der Waals surface area contributed by atoms with E-state index in [1.165, 1.54) is 14.0 Å². The van der Waals surface area contributed by atoms with Crippen molar-refractivity contribution in [2.75, 3.05) is 7.11 Å². The van der Waals surface area contributed by atoms with Crippen molar-refractivity contribution in [1.82, 2.24) is 0 Å². The number of ether oxygens (including phenoxy) is 2. The molecule has 0 aromatic carbocycles. The van der Waals surface area contributed by atoms with Gasteiger partial charge in [-0.1, -0.05) is 20.8 Å². The Hall–Kier alpha value is -1.14. The molecule has 0 aromatic rings. The van der Waals surface area contributed by atoms with Crippen LogP contribution in [0.1, 0.15) is 85.5 Å². The maximum Gasteiger partial charge on any atom is 0.305 e. The highest BCUT2D eigenvalue weighted by atomic mass is 16.5. The summed E-state index contributed by atoms with van der Waals surface area (Å²) in [5.41, 5.74) is 0.0854. The molecular formula is C27H44O6. The second-order valence-corrected chi connectivity index (χ2v) is 12.3. The smallest absolute Gasteiger partial charge is 0.305 e. The Kier molecular flexibility index (Phi) is 6.92. The Morgan fingerprint density at radius 1 is 1.06 bits per heavy atom. The van der Waals surface area contributed by atoms with Gasteiger partial charge in [-0.25, -0.2) is 0 Å². The molecule has 0 aliphatic heterocycles. The highest BCUT2D eigenvalue weighted by Crippen LogP contribution is 2.68. The van der Waals surface area contributed by atoms with Crippen LogP contribution in [0.15, 0.2) is 0 Å². The van der Waals surface area contributed by atoms with Crippen LogP contribution in [0.3, 0.4) is 0 Å². The lowest BCUT2D eigenvalue weighted by Gasteiger charge is -2.63. The van der Waals surface area contributed by atoms with Gasteiger partial charge in [0.1, 0.15) is 6.10 Å². The molecule has 0 aromatic heterocycles. The quantitative estimate of drug-likeness (QED) is 0.595. The first-order valence-electron chi connectivity index (χ1n) is 13.1. The first-order valence-corrected chi connectivity index (χ1v) is 13.1. The summed E-state index contributed by atoms with van der Waals surface area (Å²) >= 11 is 0. The Labute approximate surface area is 198 Å². The van der Waals surface area contributed by atoms with Crippen LogP contribution in [-0.2, 0) is 19.1 Å². The van der Waals surface area contributed by atoms with E-state index >= 15 is 0 Å². The number of aliphatic hydroxyl groups is 2. The molecule has 4 aliphatic carbocycles. The third-order valence-electron chi connectivity index (χ3n) is 10.7. The summed E-state index contributed by atoms with van der Waals surface area (Å²) in [6, 6.07) is 0. The van der Waals surface area contributed by atoms with Crippen molar-refractivity contribution in [2.24, 2.45) is 46.3 Å². The molecule has 188 valence electrons. The minimum absolute atomic E-state index is 0.0358. The Balaban J connectivity index is 1.64. The van der Waals surface area contributed by atoms with Crippen LogP contribution < -0.4 is 0 Å². The summed E-state index contributed by atoms with van der Waals surface area (Å²) in [5.74, 6) is 1.21. The molecule has 0 saturated heterocycles. The molecule has 0 spiro atoms. The van der Waals surface area contributed by atoms with E-state index in [-0.39, 0.29) is 46.8 Å². The average molecular weight is 465 g/mol. The van der Waals surface area contributed by atoms with E-state index in [1.54, 1.807) is 0 Å². The number of fused-ring (bicyclic) bond motifs is 5. The number of esters is 2. The molecule has 4 fully saturated rings. The molecule has 4 rings (SSSR count). The minimum Gasteiger partial charge on any atom is -0.469 e. The van der Waals surface area contributed by atoms with Crippen molar-refractivity contribution in [3.05, 3.63) is 0 Å². The summed E-state index contributed by atoms with van der Waals surface area (Å²) in [6.07, 6.45) is 6.61. The molecule has 33 heavy (non-hydrogen) atoms. The average Bonchev–Trinajstić information content (AvgIpc) is 3.03. The maximum absolute atomic E-state index is 12.1. The molecular weight excluding hydrogens is 420 g/mol. The maximum atomic E-state index is 12.1. The number of carbonyl (C=O) groups is 2. The standard InChI is InChI=1S/C27H44O6/c1-15(6-7-23(31)32-5)20-14-21(30)25-24-19(9-11-27(20,25)4)26(3)10-8-18(29)12-17(26)13-22(24)33-16(2)28/h15,17-22,24-25,29-30H,6-14H2,1-5H3/t15-,17+,18-,19?,20-,21+,22-,24?,25+,26+,27-/m1/s1. The second kappa shape index (κ2) is 9.14. The third kappa shape index (κ3) is 4.24. The van der Waals surface area contributed by atoms with Gasteiger partial charge in [0.05, 0.1) is 19.3 Å². The van der Waals surface area contributed by atoms with Crippen molar-refractivity contribution >= 4 is 11.9 Å². The van der Waals surface area contributed by atoms with E-state index in [0.29, 0.717) is 30.1 Å². The predicted octanol–water partition coefficient (Wildman–Crippen LogP) is 4.11. The summed E-state index contributed by atoms with van der Waals surface area (Å²) < 4.78 is 10.8. The lowest BCUT2D eigenvalue weighted by atomic mass is 9.43. The second-order valence-electron chi connectivity index (χ2n) is 12.3. The zero-order valence-corrected chi connectivity index (χ0v) is 21.1. The summed E-state index contributed by atoms with van der Waals surface area (Å²) in [5, 5.41) is 21.9. The fourth-order valence-corrected chi connectivity index (χ4v) is 9.14. The van der Waals surface area contributed by atoms with Crippen LogP contribution in [0.2, 0.25) is 0 Å². The predicted molar refractivity (Wildman–Crippen MR) is 124 cm³/mol. The van der Waals surface area contributed by atoms with E-state index in [1.807, 2.05) is 0 Å². The largest absolute Gasteiger partial charge is 0.469 e. The molecule has 0 radical (unpaired) electrons. The van der Waals surface area contributed by atoms with Crippen LogP contribution in [0, 0.1) is 46.3 Å². The number of hydrogen-bond acceptors (Lipinski definition) is 6. The zero-order valence-electron chi connectivity index (χ0n) is 21.1. The van der Waals surface area contributed by atoms with E-state index in [0.717, 1.165) is 51.4 Å². The van der Waals surface area contributed by atoms with E-state index in [2.05, 4.69) is 20.8 Å². The van der Waals surface area contributed by atoms with E-state index in [9.17, 15) is 19.8 Å². The Morgan fingerprint density at radius 2 is 1.76 bits per heavy atom. The van der Waals surface area contributed by atoms with Gasteiger partial charge < -0.3 is 19.7 Å². The highest BCUT2D eigenvalue weighted by molar-refractivity contribution is 5.69. The summed E-state index contributed by atoms with van der Waals surface area (Å²) in [4.78, 5) is 23.9. The van der Waals surface area contributed by atoms with Gasteiger partial charge in [0.25, 0.3) is 0 Å². The lowest BCUT2D eigenvalue weighted by molar-refractivity contribution is -0.201. The summed E-state index contributed by atoms with van der Waals surface area (Å²) in [6.45, 7) is 8.44. The lowest BCUT2D eigenvalue weighted by Crippen LogP contribution is -2.60. The number of aliphatic hydroxyl groups excluding tert-OH is 2. The first kappa shape index (κ1) is 25.0. The van der Waals surface area contributed by atoms with E-state index in [4.69, 9.17) is 9.47 Å². The third-order valence-corrected chi connectivity index (χ3v) is 10.7. The molecule has 11 atom stereocenters. The van der Waals surface area contributed by atoms with Crippen molar-refractivity contribution in [1.29, 1.82) is 0 Å². The molecule has 2 unspecified atom stereocenters.